The summed E-state index contributed by atoms with van der Waals surface area (Å²) >= 11 is 0. The van der Waals surface area contributed by atoms with Gasteiger partial charge in [0.05, 0.1) is 33.6 Å². The molecule has 1 aromatic heterocycles. The van der Waals surface area contributed by atoms with E-state index in [-0.39, 0.29) is 18.2 Å². The maximum Gasteiger partial charge on any atom is 0.358 e. The first-order valence-corrected chi connectivity index (χ1v) is 11.5. The fraction of sp³-hybridized carbons (Fsp3) is 0.179. The first-order valence-electron chi connectivity index (χ1n) is 11.5. The molecule has 0 aliphatic heterocycles. The van der Waals surface area contributed by atoms with E-state index in [1.165, 1.54) is 14.2 Å². The van der Waals surface area contributed by atoms with E-state index in [1.807, 2.05) is 36.4 Å². The highest BCUT2D eigenvalue weighted by Gasteiger charge is 2.20. The van der Waals surface area contributed by atoms with Crippen molar-refractivity contribution in [1.29, 1.82) is 0 Å². The van der Waals surface area contributed by atoms with Crippen LogP contribution in [0.15, 0.2) is 72.8 Å². The predicted molar refractivity (Wildman–Crippen MR) is 139 cm³/mol. The average molecular weight is 502 g/mol. The molecule has 37 heavy (non-hydrogen) atoms. The maximum absolute atomic E-state index is 13.0. The van der Waals surface area contributed by atoms with Crippen molar-refractivity contribution in [2.45, 2.75) is 6.92 Å². The Bertz CT molecular complexity index is 1430. The Morgan fingerprint density at radius 1 is 0.838 bits per heavy atom. The van der Waals surface area contributed by atoms with Gasteiger partial charge in [0.15, 0.2) is 17.2 Å². The summed E-state index contributed by atoms with van der Waals surface area (Å²) in [6, 6.07) is 21.2. The molecule has 0 unspecified atom stereocenters. The van der Waals surface area contributed by atoms with Crippen LogP contribution in [0.1, 0.15) is 27.8 Å². The van der Waals surface area contributed by atoms with Crippen molar-refractivity contribution in [3.63, 3.8) is 0 Å². The van der Waals surface area contributed by atoms with E-state index in [2.05, 4.69) is 10.4 Å². The molecule has 1 amide bonds. The Morgan fingerprint density at radius 3 is 2.32 bits per heavy atom. The van der Waals surface area contributed by atoms with Crippen LogP contribution in [-0.4, -0.2) is 49.6 Å². The highest BCUT2D eigenvalue weighted by atomic mass is 16.5. The van der Waals surface area contributed by atoms with Gasteiger partial charge in [-0.3, -0.25) is 4.79 Å². The number of benzene rings is 3. The number of amides is 1. The third-order valence-electron chi connectivity index (χ3n) is 5.57. The third-order valence-corrected chi connectivity index (χ3v) is 5.57. The highest BCUT2D eigenvalue weighted by molar-refractivity contribution is 6.05. The number of carbonyl (C=O) groups is 2. The fourth-order valence-corrected chi connectivity index (χ4v) is 3.82. The molecule has 190 valence electrons. The van der Waals surface area contributed by atoms with Gasteiger partial charge in [-0.25, -0.2) is 9.48 Å². The Morgan fingerprint density at radius 2 is 1.59 bits per heavy atom. The number of para-hydroxylation sites is 2. The summed E-state index contributed by atoms with van der Waals surface area (Å²) in [5.74, 6) is 0.721. The third kappa shape index (κ3) is 5.40. The van der Waals surface area contributed by atoms with Crippen LogP contribution in [0.4, 0.5) is 5.69 Å². The molecule has 1 N–H and O–H groups in total. The first kappa shape index (κ1) is 25.3. The second-order valence-corrected chi connectivity index (χ2v) is 7.82. The molecule has 4 aromatic rings. The lowest BCUT2D eigenvalue weighted by molar-refractivity contribution is 0.0518. The lowest BCUT2D eigenvalue weighted by atomic mass is 10.1. The van der Waals surface area contributed by atoms with Gasteiger partial charge in [0, 0.05) is 16.8 Å². The van der Waals surface area contributed by atoms with Crippen molar-refractivity contribution in [1.82, 2.24) is 9.78 Å². The summed E-state index contributed by atoms with van der Waals surface area (Å²) in [6.07, 6.45) is 0. The molecule has 0 aliphatic rings. The smallest absolute Gasteiger partial charge is 0.358 e. The van der Waals surface area contributed by atoms with Crippen molar-refractivity contribution in [3.05, 3.63) is 84.1 Å². The zero-order valence-electron chi connectivity index (χ0n) is 21.0. The summed E-state index contributed by atoms with van der Waals surface area (Å²) in [5, 5.41) is 7.41. The van der Waals surface area contributed by atoms with Crippen molar-refractivity contribution >= 4 is 17.6 Å². The number of hydrogen-bond donors (Lipinski definition) is 1. The number of hydrogen-bond acceptors (Lipinski definition) is 7. The molecule has 9 heteroatoms. The molecule has 3 aromatic carbocycles. The second kappa shape index (κ2) is 11.3. The Kier molecular flexibility index (Phi) is 7.73. The number of anilines is 1. The summed E-state index contributed by atoms with van der Waals surface area (Å²) in [7, 11) is 4.61. The fourth-order valence-electron chi connectivity index (χ4n) is 3.82. The molecule has 4 rings (SSSR count). The number of aromatic nitrogens is 2. The number of nitrogens with one attached hydrogen (secondary N) is 1. The van der Waals surface area contributed by atoms with Gasteiger partial charge in [-0.2, -0.15) is 5.10 Å². The van der Waals surface area contributed by atoms with Crippen LogP contribution in [0.25, 0.3) is 16.9 Å². The molecule has 0 atom stereocenters. The molecule has 0 radical (unpaired) electrons. The van der Waals surface area contributed by atoms with Crippen molar-refractivity contribution in [2.24, 2.45) is 0 Å². The summed E-state index contributed by atoms with van der Waals surface area (Å²) in [6.45, 7) is 1.97. The predicted octanol–water partition coefficient (Wildman–Crippen LogP) is 4.99. The molecule has 0 spiro atoms. The number of nitrogens with zero attached hydrogens (tertiary/aromatic N) is 2. The van der Waals surface area contributed by atoms with Gasteiger partial charge in [-0.15, -0.1) is 0 Å². The van der Waals surface area contributed by atoms with Gasteiger partial charge in [0.25, 0.3) is 5.91 Å². The number of ether oxygens (including phenoxy) is 4. The molecule has 9 nitrogen and oxygen atoms in total. The minimum Gasteiger partial charge on any atom is -0.494 e. The van der Waals surface area contributed by atoms with Gasteiger partial charge < -0.3 is 24.3 Å². The van der Waals surface area contributed by atoms with Crippen molar-refractivity contribution in [2.75, 3.05) is 33.3 Å². The number of esters is 1. The Balaban J connectivity index is 1.71. The minimum atomic E-state index is -0.532. The van der Waals surface area contributed by atoms with Crippen LogP contribution in [0.5, 0.6) is 17.2 Å². The topological polar surface area (TPSA) is 101 Å². The maximum atomic E-state index is 13.0. The molecule has 0 fully saturated rings. The lowest BCUT2D eigenvalue weighted by Crippen LogP contribution is -2.12. The van der Waals surface area contributed by atoms with E-state index in [9.17, 15) is 9.59 Å². The van der Waals surface area contributed by atoms with Crippen LogP contribution in [0.2, 0.25) is 0 Å². The molecule has 1 heterocycles. The lowest BCUT2D eigenvalue weighted by Gasteiger charge is -2.13. The van der Waals surface area contributed by atoms with Gasteiger partial charge >= 0.3 is 5.97 Å². The zero-order chi connectivity index (χ0) is 26.4. The van der Waals surface area contributed by atoms with Crippen LogP contribution in [-0.2, 0) is 4.74 Å². The normalized spacial score (nSPS) is 10.5. The number of methoxy groups -OCH3 is 3. The van der Waals surface area contributed by atoms with E-state index in [1.54, 1.807) is 55.1 Å². The standard InChI is InChI=1S/C28H27N3O6/c1-5-37-28(33)21-17-23(31(30-21)22-11-6-7-12-24(22)34-2)18-9-8-10-20(15-18)29-27(32)19-13-14-25(35-3)26(16-19)36-4/h6-17H,5H2,1-4H3,(H,29,32). The molecule has 0 saturated carbocycles. The molecule has 0 saturated heterocycles. The first-order chi connectivity index (χ1) is 18.0. The monoisotopic (exact) mass is 501 g/mol. The van der Waals surface area contributed by atoms with E-state index in [0.29, 0.717) is 39.9 Å². The molecule has 0 aliphatic carbocycles. The largest absolute Gasteiger partial charge is 0.494 e. The van der Waals surface area contributed by atoms with E-state index >= 15 is 0 Å². The minimum absolute atomic E-state index is 0.155. The Labute approximate surface area is 214 Å². The van der Waals surface area contributed by atoms with E-state index in [0.717, 1.165) is 5.56 Å². The van der Waals surface area contributed by atoms with Crippen LogP contribution in [0, 0.1) is 0 Å². The summed E-state index contributed by atoms with van der Waals surface area (Å²) < 4.78 is 22.9. The van der Waals surface area contributed by atoms with Crippen molar-refractivity contribution in [3.8, 4) is 34.2 Å². The average Bonchev–Trinajstić information content (AvgIpc) is 3.38. The van der Waals surface area contributed by atoms with Gasteiger partial charge in [-0.1, -0.05) is 24.3 Å². The molecular weight excluding hydrogens is 474 g/mol. The number of rotatable bonds is 9. The summed E-state index contributed by atoms with van der Waals surface area (Å²) in [4.78, 5) is 25.5. The SMILES string of the molecule is CCOC(=O)c1cc(-c2cccc(NC(=O)c3ccc(OC)c(OC)c3)c2)n(-c2ccccc2OC)n1. The van der Waals surface area contributed by atoms with Gasteiger partial charge in [0.2, 0.25) is 0 Å². The molecule has 0 bridgehead atoms. The Hall–Kier alpha value is -4.79. The van der Waals surface area contributed by atoms with Gasteiger partial charge in [-0.05, 0) is 55.5 Å². The van der Waals surface area contributed by atoms with E-state index < -0.39 is 5.97 Å². The van der Waals surface area contributed by atoms with E-state index in [4.69, 9.17) is 18.9 Å². The second-order valence-electron chi connectivity index (χ2n) is 7.82. The van der Waals surface area contributed by atoms with Crippen LogP contribution >= 0.6 is 0 Å². The summed E-state index contributed by atoms with van der Waals surface area (Å²) in [5.41, 5.74) is 3.11. The molecular formula is C28H27N3O6. The van der Waals surface area contributed by atoms with Crippen LogP contribution < -0.4 is 19.5 Å². The quantitative estimate of drug-likeness (QED) is 0.322. The highest BCUT2D eigenvalue weighted by Crippen LogP contribution is 2.31. The van der Waals surface area contributed by atoms with Gasteiger partial charge in [0.1, 0.15) is 11.4 Å². The van der Waals surface area contributed by atoms with Crippen molar-refractivity contribution < 1.29 is 28.5 Å². The number of carbonyl (C=O) groups excluding carboxylic acids is 2. The van der Waals surface area contributed by atoms with Crippen LogP contribution in [0.3, 0.4) is 0 Å². The zero-order valence-corrected chi connectivity index (χ0v) is 21.0.